The van der Waals surface area contributed by atoms with Gasteiger partial charge in [0.15, 0.2) is 18.7 Å². The van der Waals surface area contributed by atoms with Gasteiger partial charge in [0.2, 0.25) is 6.29 Å². The number of carbonyl (C=O) groups excluding carboxylic acids is 2. The standard InChI is InChI=1S/C47H70O20/c1-19-9-12-47(42(61)67-40-32(56)30(54)28(52)24(17-48)63-40)14-13-45(5)21(22(47)15-19)7-8-26-43(3)16-23(50)37(44(4,18-49)25(43)10-11-46(26,45)6)66-41-34(58)35(33(57)36(65-41)38(59)60)64-39-31(55)29(53)27(51)20(2)62-39/h7,18,20,22-37,39-41,48,50-58H,1,8-17H2,2-6H3,(H,59,60). The van der Waals surface area contributed by atoms with E-state index in [2.05, 4.69) is 33.4 Å². The number of aliphatic hydroxyl groups is 10. The van der Waals surface area contributed by atoms with Gasteiger partial charge in [-0.1, -0.05) is 51.5 Å². The third-order valence-electron chi connectivity index (χ3n) is 18.6. The van der Waals surface area contributed by atoms with E-state index in [1.807, 2.05) is 0 Å². The highest BCUT2D eigenvalue weighted by Crippen LogP contribution is 2.75. The summed E-state index contributed by atoms with van der Waals surface area (Å²) in [6.45, 7) is 13.2. The molecule has 7 fully saturated rings. The Labute approximate surface area is 388 Å². The van der Waals surface area contributed by atoms with Gasteiger partial charge in [-0.3, -0.25) is 4.79 Å². The van der Waals surface area contributed by atoms with Gasteiger partial charge in [-0.25, -0.2) is 4.79 Å². The van der Waals surface area contributed by atoms with Crippen molar-refractivity contribution in [1.82, 2.24) is 0 Å². The molecule has 20 heteroatoms. The zero-order valence-electron chi connectivity index (χ0n) is 38.6. The van der Waals surface area contributed by atoms with E-state index in [-0.39, 0.29) is 18.3 Å². The molecule has 25 atom stereocenters. The summed E-state index contributed by atoms with van der Waals surface area (Å²) in [6.07, 6.45) is -21.2. The van der Waals surface area contributed by atoms with Gasteiger partial charge in [0.05, 0.1) is 35.7 Å². The molecule has 3 saturated heterocycles. The number of esters is 1. The van der Waals surface area contributed by atoms with Crippen molar-refractivity contribution in [2.45, 2.75) is 197 Å². The number of fused-ring (bicyclic) bond motifs is 7. The second-order valence-corrected chi connectivity index (χ2v) is 21.9. The Bertz CT molecular complexity index is 1950. The summed E-state index contributed by atoms with van der Waals surface area (Å²) < 4.78 is 34.6. The normalized spacial score (nSPS) is 54.3. The Morgan fingerprint density at radius 2 is 1.45 bits per heavy atom. The molecule has 25 unspecified atom stereocenters. The maximum atomic E-state index is 14.5. The van der Waals surface area contributed by atoms with Gasteiger partial charge in [-0.15, -0.1) is 0 Å². The largest absolute Gasteiger partial charge is 0.479 e. The molecule has 3 heterocycles. The van der Waals surface area contributed by atoms with E-state index in [1.165, 1.54) is 6.92 Å². The molecule has 0 spiro atoms. The number of ether oxygens (including phenoxy) is 6. The van der Waals surface area contributed by atoms with Gasteiger partial charge in [-0.05, 0) is 92.8 Å². The van der Waals surface area contributed by atoms with Crippen LogP contribution in [0.15, 0.2) is 23.8 Å². The van der Waals surface area contributed by atoms with Crippen LogP contribution in [0.5, 0.6) is 0 Å². The average molecular weight is 955 g/mol. The fourth-order valence-corrected chi connectivity index (χ4v) is 14.5. The Balaban J connectivity index is 1.06. The molecule has 5 aliphatic carbocycles. The van der Waals surface area contributed by atoms with Gasteiger partial charge in [0.1, 0.15) is 67.3 Å². The monoisotopic (exact) mass is 954 g/mol. The molecule has 0 aromatic rings. The van der Waals surface area contributed by atoms with Crippen molar-refractivity contribution in [3.8, 4) is 0 Å². The lowest BCUT2D eigenvalue weighted by Crippen LogP contribution is -2.69. The minimum Gasteiger partial charge on any atom is -0.479 e. The fraction of sp³-hybridized carbons (Fsp3) is 0.851. The lowest BCUT2D eigenvalue weighted by molar-refractivity contribution is -0.366. The topological polar surface area (TPSA) is 329 Å². The molecule has 0 bridgehead atoms. The van der Waals surface area contributed by atoms with Crippen LogP contribution in [-0.4, -0.2) is 185 Å². The highest BCUT2D eigenvalue weighted by Gasteiger charge is 2.71. The van der Waals surface area contributed by atoms with Crippen molar-refractivity contribution in [3.05, 3.63) is 23.8 Å². The number of hydrogen-bond acceptors (Lipinski definition) is 19. The molecule has 4 saturated carbocycles. The molecule has 0 aromatic heterocycles. The summed E-state index contributed by atoms with van der Waals surface area (Å²) in [5.41, 5.74) is -2.04. The lowest BCUT2D eigenvalue weighted by Gasteiger charge is -2.71. The van der Waals surface area contributed by atoms with Crippen molar-refractivity contribution >= 4 is 18.2 Å². The summed E-state index contributed by atoms with van der Waals surface area (Å²) in [7, 11) is 0. The number of carboxylic acids is 1. The summed E-state index contributed by atoms with van der Waals surface area (Å²) in [4.78, 5) is 40.6. The number of carbonyl (C=O) groups is 3. The smallest absolute Gasteiger partial charge is 0.335 e. The second-order valence-electron chi connectivity index (χ2n) is 21.9. The summed E-state index contributed by atoms with van der Waals surface area (Å²) in [5.74, 6) is -3.12. The van der Waals surface area contributed by atoms with Crippen LogP contribution in [-0.2, 0) is 42.8 Å². The zero-order chi connectivity index (χ0) is 49.1. The van der Waals surface area contributed by atoms with E-state index in [4.69, 9.17) is 28.4 Å². The quantitative estimate of drug-likeness (QED) is 0.0568. The number of aldehydes is 1. The first-order valence-electron chi connectivity index (χ1n) is 23.6. The lowest BCUT2D eigenvalue weighted by atomic mass is 9.33. The van der Waals surface area contributed by atoms with Crippen LogP contribution in [0, 0.1) is 44.8 Å². The highest BCUT2D eigenvalue weighted by molar-refractivity contribution is 5.79. The van der Waals surface area contributed by atoms with Crippen molar-refractivity contribution < 1.29 is 99.0 Å². The van der Waals surface area contributed by atoms with Gasteiger partial charge in [-0.2, -0.15) is 0 Å². The Morgan fingerprint density at radius 1 is 0.791 bits per heavy atom. The number of aliphatic carboxylic acids is 1. The minimum absolute atomic E-state index is 0.109. The second kappa shape index (κ2) is 18.0. The first kappa shape index (κ1) is 50.9. The van der Waals surface area contributed by atoms with Crippen LogP contribution < -0.4 is 0 Å². The molecule has 11 N–H and O–H groups in total. The predicted octanol–water partition coefficient (Wildman–Crippen LogP) is -1.06. The van der Waals surface area contributed by atoms with Gasteiger partial charge in [0.25, 0.3) is 0 Å². The number of allylic oxidation sites excluding steroid dienone is 3. The molecule has 0 radical (unpaired) electrons. The predicted molar refractivity (Wildman–Crippen MR) is 226 cm³/mol. The van der Waals surface area contributed by atoms with E-state index < -0.39 is 156 Å². The van der Waals surface area contributed by atoms with E-state index in [1.54, 1.807) is 6.92 Å². The summed E-state index contributed by atoms with van der Waals surface area (Å²) in [5, 5.41) is 118. The first-order chi connectivity index (χ1) is 31.3. The maximum Gasteiger partial charge on any atom is 0.335 e. The Hall–Kier alpha value is -2.51. The molecular weight excluding hydrogens is 884 g/mol. The van der Waals surface area contributed by atoms with Crippen LogP contribution in [0.3, 0.4) is 0 Å². The summed E-state index contributed by atoms with van der Waals surface area (Å²) in [6, 6.07) is 0. The highest BCUT2D eigenvalue weighted by atomic mass is 16.7. The van der Waals surface area contributed by atoms with Crippen LogP contribution >= 0.6 is 0 Å². The number of aliphatic hydroxyl groups excluding tert-OH is 10. The van der Waals surface area contributed by atoms with Crippen molar-refractivity contribution in [3.63, 3.8) is 0 Å². The van der Waals surface area contributed by atoms with Crippen LogP contribution in [0.25, 0.3) is 0 Å². The van der Waals surface area contributed by atoms with E-state index in [0.717, 1.165) is 17.4 Å². The minimum atomic E-state index is -2.05. The molecular formula is C47H70O20. The SMILES string of the molecule is C=C1CCC2(C(=O)OC3OC(CO)C(O)C(O)C3O)CCC3(C)C(=CCC4C5(C)CC(O)C(OC6OC(C(=O)O)C(O)C(OC7OC(C)C(O)C(O)C7O)C6O)C(C)(C=O)C5CCC43C)C2C1. The average Bonchev–Trinajstić information content (AvgIpc) is 3.28. The molecule has 0 amide bonds. The van der Waals surface area contributed by atoms with Crippen molar-refractivity contribution in [1.29, 1.82) is 0 Å². The fourth-order valence-electron chi connectivity index (χ4n) is 14.5. The third kappa shape index (κ3) is 7.71. The van der Waals surface area contributed by atoms with Gasteiger partial charge < -0.3 is 89.4 Å². The number of hydrogen-bond donors (Lipinski definition) is 11. The molecule has 0 aromatic carbocycles. The van der Waals surface area contributed by atoms with Crippen LogP contribution in [0.2, 0.25) is 0 Å². The molecule has 20 nitrogen and oxygen atoms in total. The Kier molecular flexibility index (Phi) is 13.6. The van der Waals surface area contributed by atoms with Gasteiger partial charge in [0, 0.05) is 5.92 Å². The van der Waals surface area contributed by atoms with Crippen LogP contribution in [0.4, 0.5) is 0 Å². The Morgan fingerprint density at radius 3 is 2.10 bits per heavy atom. The molecule has 8 rings (SSSR count). The molecule has 67 heavy (non-hydrogen) atoms. The number of rotatable bonds is 9. The molecule has 3 aliphatic heterocycles. The maximum absolute atomic E-state index is 14.5. The van der Waals surface area contributed by atoms with Crippen LogP contribution in [0.1, 0.15) is 92.4 Å². The zero-order valence-corrected chi connectivity index (χ0v) is 38.6. The van der Waals surface area contributed by atoms with Crippen molar-refractivity contribution in [2.24, 2.45) is 44.8 Å². The number of carboxylic acid groups (broad SMARTS) is 1. The van der Waals surface area contributed by atoms with Gasteiger partial charge >= 0.3 is 11.9 Å². The summed E-state index contributed by atoms with van der Waals surface area (Å²) >= 11 is 0. The van der Waals surface area contributed by atoms with E-state index in [9.17, 15) is 70.6 Å². The molecule has 378 valence electrons. The first-order valence-corrected chi connectivity index (χ1v) is 23.6. The van der Waals surface area contributed by atoms with Crippen molar-refractivity contribution in [2.75, 3.05) is 6.61 Å². The van der Waals surface area contributed by atoms with E-state index >= 15 is 0 Å². The molecule has 8 aliphatic rings. The van der Waals surface area contributed by atoms with E-state index in [0.29, 0.717) is 51.4 Å². The third-order valence-corrected chi connectivity index (χ3v) is 18.6.